The first-order chi connectivity index (χ1) is 15.7. The predicted molar refractivity (Wildman–Crippen MR) is 111 cm³/mol. The highest BCUT2D eigenvalue weighted by atomic mass is 19.4. The third-order valence-corrected chi connectivity index (χ3v) is 6.63. The number of hydrogen-bond acceptors (Lipinski definition) is 6. The van der Waals surface area contributed by atoms with Gasteiger partial charge in [0, 0.05) is 32.4 Å². The molecule has 0 amide bonds. The quantitative estimate of drug-likeness (QED) is 0.541. The molecule has 2 aliphatic rings. The molecule has 12 heteroatoms. The van der Waals surface area contributed by atoms with Gasteiger partial charge in [-0.2, -0.15) is 18.3 Å². The number of pyridine rings is 1. The molecule has 3 aromatic heterocycles. The molecule has 1 spiro atoms. The Morgan fingerprint density at radius 3 is 2.39 bits per heavy atom. The molecule has 176 valence electrons. The molecule has 5 rings (SSSR count). The van der Waals surface area contributed by atoms with Crippen molar-refractivity contribution in [1.82, 2.24) is 24.7 Å². The molecule has 5 heterocycles. The van der Waals surface area contributed by atoms with Crippen molar-refractivity contribution in [2.24, 2.45) is 5.41 Å². The smallest absolute Gasteiger partial charge is 0.357 e. The van der Waals surface area contributed by atoms with Crippen LogP contribution in [0.1, 0.15) is 24.8 Å². The number of halogens is 5. The number of anilines is 2. The highest BCUT2D eigenvalue weighted by Crippen LogP contribution is 2.42. The average Bonchev–Trinajstić information content (AvgIpc) is 3.38. The Bertz CT molecular complexity index is 1140. The summed E-state index contributed by atoms with van der Waals surface area (Å²) in [4.78, 5) is 17.0. The van der Waals surface area contributed by atoms with E-state index in [0.29, 0.717) is 35.9 Å². The topological polar surface area (TPSA) is 63.0 Å². The van der Waals surface area contributed by atoms with E-state index in [1.807, 2.05) is 4.90 Å². The summed E-state index contributed by atoms with van der Waals surface area (Å²) < 4.78 is 65.9. The van der Waals surface area contributed by atoms with E-state index < -0.39 is 24.7 Å². The fraction of sp³-hybridized carbons (Fsp3) is 0.524. The van der Waals surface area contributed by atoms with E-state index in [1.54, 1.807) is 6.20 Å². The van der Waals surface area contributed by atoms with Gasteiger partial charge in [-0.25, -0.2) is 28.4 Å². The lowest BCUT2D eigenvalue weighted by Crippen LogP contribution is -2.42. The number of alkyl halides is 5. The van der Waals surface area contributed by atoms with E-state index in [9.17, 15) is 22.0 Å². The third-order valence-electron chi connectivity index (χ3n) is 6.63. The highest BCUT2D eigenvalue weighted by Gasteiger charge is 2.41. The maximum absolute atomic E-state index is 13.0. The van der Waals surface area contributed by atoms with Crippen molar-refractivity contribution in [1.29, 1.82) is 0 Å². The Kier molecular flexibility index (Phi) is 5.32. The van der Waals surface area contributed by atoms with Gasteiger partial charge >= 0.3 is 6.18 Å². The van der Waals surface area contributed by atoms with Gasteiger partial charge in [0.05, 0.1) is 18.0 Å². The molecule has 0 saturated carbocycles. The Balaban J connectivity index is 1.27. The second-order valence-corrected chi connectivity index (χ2v) is 8.71. The lowest BCUT2D eigenvalue weighted by molar-refractivity contribution is -0.137. The van der Waals surface area contributed by atoms with E-state index in [1.165, 1.54) is 17.1 Å². The lowest BCUT2D eigenvalue weighted by atomic mass is 9.78. The molecule has 3 aromatic rings. The summed E-state index contributed by atoms with van der Waals surface area (Å²) in [5.41, 5.74) is 0.132. The molecule has 2 saturated heterocycles. The molecule has 0 aromatic carbocycles. The molecule has 33 heavy (non-hydrogen) atoms. The number of fused-ring (bicyclic) bond motifs is 1. The molecule has 0 bridgehead atoms. The van der Waals surface area contributed by atoms with E-state index in [0.717, 1.165) is 44.5 Å². The van der Waals surface area contributed by atoms with Gasteiger partial charge < -0.3 is 9.80 Å². The third kappa shape index (κ3) is 4.30. The van der Waals surface area contributed by atoms with Gasteiger partial charge in [-0.15, -0.1) is 0 Å². The minimum Gasteiger partial charge on any atom is -0.357 e. The van der Waals surface area contributed by atoms with Gasteiger partial charge in [0.1, 0.15) is 23.7 Å². The second-order valence-electron chi connectivity index (χ2n) is 8.71. The first-order valence-electron chi connectivity index (χ1n) is 10.7. The normalized spacial score (nSPS) is 18.7. The summed E-state index contributed by atoms with van der Waals surface area (Å²) in [5, 5.41) is 3.96. The van der Waals surface area contributed by atoms with Gasteiger partial charge in [0.2, 0.25) is 0 Å². The van der Waals surface area contributed by atoms with Crippen LogP contribution in [-0.2, 0) is 12.7 Å². The fourth-order valence-corrected chi connectivity index (χ4v) is 4.77. The van der Waals surface area contributed by atoms with E-state index in [-0.39, 0.29) is 5.41 Å². The Labute approximate surface area is 186 Å². The monoisotopic (exact) mass is 467 g/mol. The van der Waals surface area contributed by atoms with Crippen LogP contribution >= 0.6 is 0 Å². The summed E-state index contributed by atoms with van der Waals surface area (Å²) in [5.74, 6) is 0.968. The molecule has 0 atom stereocenters. The summed E-state index contributed by atoms with van der Waals surface area (Å²) in [7, 11) is 0. The summed E-state index contributed by atoms with van der Waals surface area (Å²) in [6.45, 7) is 2.19. The average molecular weight is 467 g/mol. The second kappa shape index (κ2) is 8.07. The summed E-state index contributed by atoms with van der Waals surface area (Å²) in [6, 6.07) is 2.08. The van der Waals surface area contributed by atoms with Crippen LogP contribution in [0, 0.1) is 5.41 Å². The highest BCUT2D eigenvalue weighted by molar-refractivity contribution is 5.71. The van der Waals surface area contributed by atoms with Gasteiger partial charge in [0.25, 0.3) is 6.43 Å². The SMILES string of the molecule is FC(F)Cn1ncc2ncc(N3CCC4(CCN(c5cc(C(F)(F)F)ccn5)CC4)C3)nc21. The Morgan fingerprint density at radius 1 is 0.970 bits per heavy atom. The molecule has 0 unspecified atom stereocenters. The summed E-state index contributed by atoms with van der Waals surface area (Å²) >= 11 is 0. The maximum Gasteiger partial charge on any atom is 0.416 e. The number of piperidine rings is 1. The van der Waals surface area contributed by atoms with Gasteiger partial charge in [-0.1, -0.05) is 0 Å². The van der Waals surface area contributed by atoms with Crippen molar-refractivity contribution < 1.29 is 22.0 Å². The van der Waals surface area contributed by atoms with E-state index in [4.69, 9.17) is 0 Å². The zero-order chi connectivity index (χ0) is 23.2. The summed E-state index contributed by atoms with van der Waals surface area (Å²) in [6.07, 6.45) is -0.103. The minimum absolute atomic E-state index is 0.0258. The Hall–Kier alpha value is -3.05. The molecule has 0 N–H and O–H groups in total. The van der Waals surface area contributed by atoms with Crippen molar-refractivity contribution in [3.63, 3.8) is 0 Å². The van der Waals surface area contributed by atoms with E-state index in [2.05, 4.69) is 25.0 Å². The number of aromatic nitrogens is 5. The molecule has 0 aliphatic carbocycles. The largest absolute Gasteiger partial charge is 0.416 e. The van der Waals surface area contributed by atoms with Crippen molar-refractivity contribution in [3.8, 4) is 0 Å². The van der Waals surface area contributed by atoms with Crippen LogP contribution < -0.4 is 9.80 Å². The van der Waals surface area contributed by atoms with Gasteiger partial charge in [-0.3, -0.25) is 0 Å². The van der Waals surface area contributed by atoms with Crippen molar-refractivity contribution in [2.45, 2.75) is 38.4 Å². The van der Waals surface area contributed by atoms with Gasteiger partial charge in [-0.05, 0) is 36.8 Å². The molecule has 2 fully saturated rings. The molecule has 7 nitrogen and oxygen atoms in total. The van der Waals surface area contributed by atoms with Crippen LogP contribution in [0.2, 0.25) is 0 Å². The molecular weight excluding hydrogens is 445 g/mol. The van der Waals surface area contributed by atoms with Crippen molar-refractivity contribution >= 4 is 22.8 Å². The fourth-order valence-electron chi connectivity index (χ4n) is 4.77. The van der Waals surface area contributed by atoms with Crippen molar-refractivity contribution in [2.75, 3.05) is 36.0 Å². The lowest BCUT2D eigenvalue weighted by Gasteiger charge is -2.40. The van der Waals surface area contributed by atoms with Crippen LogP contribution in [0.15, 0.2) is 30.7 Å². The maximum atomic E-state index is 13.0. The minimum atomic E-state index is -4.40. The van der Waals surface area contributed by atoms with Gasteiger partial charge in [0.15, 0.2) is 5.65 Å². The zero-order valence-electron chi connectivity index (χ0n) is 17.6. The van der Waals surface area contributed by atoms with Crippen LogP contribution in [-0.4, -0.2) is 57.3 Å². The van der Waals surface area contributed by atoms with E-state index >= 15 is 0 Å². The predicted octanol–water partition coefficient (Wildman–Crippen LogP) is 4.00. The van der Waals surface area contributed by atoms with Crippen molar-refractivity contribution in [3.05, 3.63) is 36.3 Å². The molecule has 0 radical (unpaired) electrons. The molecule has 2 aliphatic heterocycles. The first kappa shape index (κ1) is 21.8. The number of rotatable bonds is 4. The van der Waals surface area contributed by atoms with Crippen LogP contribution in [0.3, 0.4) is 0 Å². The van der Waals surface area contributed by atoms with Crippen LogP contribution in [0.4, 0.5) is 33.6 Å². The molecular formula is C21H22F5N7. The number of nitrogens with zero attached hydrogens (tertiary/aromatic N) is 7. The first-order valence-corrected chi connectivity index (χ1v) is 10.7. The van der Waals surface area contributed by atoms with Crippen LogP contribution in [0.5, 0.6) is 0 Å². The number of hydrogen-bond donors (Lipinski definition) is 0. The zero-order valence-corrected chi connectivity index (χ0v) is 17.6. The standard InChI is InChI=1S/C21H22F5N7/c22-16(23)12-33-19-15(10-29-33)28-11-18(30-19)32-8-4-20(13-32)2-6-31(7-3-20)17-9-14(1-5-27-17)21(24,25)26/h1,5,9-11,16H,2-4,6-8,12-13H2. The Morgan fingerprint density at radius 2 is 1.70 bits per heavy atom. The van der Waals surface area contributed by atoms with Crippen LogP contribution in [0.25, 0.3) is 11.2 Å².